The topological polar surface area (TPSA) is 111 Å². The summed E-state index contributed by atoms with van der Waals surface area (Å²) in [5, 5.41) is 11.1. The van der Waals surface area contributed by atoms with Gasteiger partial charge in [0, 0.05) is 10.7 Å². The van der Waals surface area contributed by atoms with Gasteiger partial charge in [0.05, 0.1) is 11.4 Å². The Hall–Kier alpha value is -2.29. The van der Waals surface area contributed by atoms with Crippen LogP contribution in [0, 0.1) is 13.8 Å². The number of benzene rings is 2. The van der Waals surface area contributed by atoms with Crippen molar-refractivity contribution >= 4 is 33.3 Å². The summed E-state index contributed by atoms with van der Waals surface area (Å²) >= 11 is 5.78. The minimum Gasteiger partial charge on any atom is -0.491 e. The van der Waals surface area contributed by atoms with Crippen LogP contribution >= 0.6 is 11.6 Å². The average Bonchev–Trinajstić information content (AvgIpc) is 2.55. The lowest BCUT2D eigenvalue weighted by Gasteiger charge is -2.13. The molecule has 26 heavy (non-hydrogen) atoms. The smallest absolute Gasteiger partial charge is 0.319 e. The van der Waals surface area contributed by atoms with Crippen LogP contribution in [-0.2, 0) is 10.0 Å². The van der Waals surface area contributed by atoms with E-state index in [1.54, 1.807) is 44.2 Å². The number of primary sulfonamides is 1. The molecule has 0 radical (unpaired) electrons. The molecule has 0 bridgehead atoms. The van der Waals surface area contributed by atoms with E-state index in [0.717, 1.165) is 0 Å². The zero-order valence-corrected chi connectivity index (χ0v) is 15.9. The molecule has 0 saturated carbocycles. The number of nitrogens with one attached hydrogen (secondary N) is 2. The lowest BCUT2D eigenvalue weighted by Crippen LogP contribution is -2.32. The third-order valence-corrected chi connectivity index (χ3v) is 4.83. The van der Waals surface area contributed by atoms with Crippen LogP contribution in [0.15, 0.2) is 41.3 Å². The lowest BCUT2D eigenvalue weighted by atomic mass is 10.1. The number of nitrogens with two attached hydrogens (primary N) is 1. The number of halogens is 1. The third kappa shape index (κ3) is 5.62. The molecule has 0 saturated heterocycles. The van der Waals surface area contributed by atoms with Crippen LogP contribution in [0.25, 0.3) is 0 Å². The first-order chi connectivity index (χ1) is 12.2. The predicted molar refractivity (Wildman–Crippen MR) is 101 cm³/mol. The van der Waals surface area contributed by atoms with Crippen LogP contribution in [0.1, 0.15) is 11.1 Å². The zero-order valence-electron chi connectivity index (χ0n) is 14.4. The van der Waals surface area contributed by atoms with Gasteiger partial charge in [-0.25, -0.2) is 18.4 Å². The maximum absolute atomic E-state index is 11.8. The van der Waals surface area contributed by atoms with E-state index in [4.69, 9.17) is 21.5 Å². The van der Waals surface area contributed by atoms with Gasteiger partial charge in [-0.1, -0.05) is 11.6 Å². The Kier molecular flexibility index (Phi) is 6.47. The second-order valence-electron chi connectivity index (χ2n) is 5.66. The molecule has 2 aromatic rings. The largest absolute Gasteiger partial charge is 0.491 e. The second-order valence-corrected chi connectivity index (χ2v) is 7.63. The van der Waals surface area contributed by atoms with Crippen molar-refractivity contribution in [1.82, 2.24) is 5.32 Å². The van der Waals surface area contributed by atoms with Crippen LogP contribution in [0.4, 0.5) is 10.5 Å². The van der Waals surface area contributed by atoms with E-state index in [1.165, 1.54) is 6.07 Å². The van der Waals surface area contributed by atoms with Crippen LogP contribution in [-0.4, -0.2) is 27.6 Å². The van der Waals surface area contributed by atoms with E-state index in [1.807, 2.05) is 0 Å². The predicted octanol–water partition coefficient (Wildman–Crippen LogP) is 2.80. The molecule has 0 aliphatic heterocycles. The molecule has 0 spiro atoms. The van der Waals surface area contributed by atoms with Gasteiger partial charge < -0.3 is 15.4 Å². The maximum atomic E-state index is 11.8. The number of aryl methyl sites for hydroxylation is 2. The molecule has 2 rings (SSSR count). The van der Waals surface area contributed by atoms with E-state index < -0.39 is 10.0 Å². The van der Waals surface area contributed by atoms with Crippen molar-refractivity contribution in [3.63, 3.8) is 0 Å². The highest BCUT2D eigenvalue weighted by Gasteiger charge is 2.14. The normalized spacial score (nSPS) is 11.1. The highest BCUT2D eigenvalue weighted by atomic mass is 35.5. The summed E-state index contributed by atoms with van der Waals surface area (Å²) in [5.41, 5.74) is 1.77. The van der Waals surface area contributed by atoms with Gasteiger partial charge in [-0.3, -0.25) is 0 Å². The number of anilines is 1. The summed E-state index contributed by atoms with van der Waals surface area (Å²) in [6, 6.07) is 9.46. The highest BCUT2D eigenvalue weighted by molar-refractivity contribution is 7.89. The molecule has 0 aliphatic rings. The van der Waals surface area contributed by atoms with Gasteiger partial charge in [-0.05, 0) is 61.4 Å². The molecule has 0 aliphatic carbocycles. The molecule has 7 nitrogen and oxygen atoms in total. The van der Waals surface area contributed by atoms with E-state index in [-0.39, 0.29) is 24.1 Å². The van der Waals surface area contributed by atoms with E-state index >= 15 is 0 Å². The Morgan fingerprint density at radius 3 is 2.42 bits per heavy atom. The van der Waals surface area contributed by atoms with Gasteiger partial charge in [-0.2, -0.15) is 0 Å². The number of carbonyl (C=O) groups excluding carboxylic acids is 1. The minimum absolute atomic E-state index is 0.0721. The van der Waals surface area contributed by atoms with Crippen molar-refractivity contribution in [2.24, 2.45) is 5.14 Å². The zero-order chi connectivity index (χ0) is 19.3. The van der Waals surface area contributed by atoms with Crippen molar-refractivity contribution in [2.75, 3.05) is 18.5 Å². The van der Waals surface area contributed by atoms with E-state index in [0.29, 0.717) is 27.6 Å². The van der Waals surface area contributed by atoms with Crippen molar-refractivity contribution < 1.29 is 17.9 Å². The Labute approximate surface area is 157 Å². The van der Waals surface area contributed by atoms with Gasteiger partial charge in [-0.15, -0.1) is 0 Å². The van der Waals surface area contributed by atoms with Gasteiger partial charge in [0.1, 0.15) is 12.4 Å². The fourth-order valence-corrected chi connectivity index (χ4v) is 3.23. The molecular weight excluding hydrogens is 378 g/mol. The number of amides is 2. The number of ether oxygens (including phenoxy) is 1. The number of hydrogen-bond donors (Lipinski definition) is 3. The van der Waals surface area contributed by atoms with Crippen LogP contribution in [0.2, 0.25) is 5.02 Å². The Balaban J connectivity index is 1.85. The third-order valence-electron chi connectivity index (χ3n) is 3.53. The second kappa shape index (κ2) is 8.39. The number of sulfonamides is 1. The number of hydrogen-bond acceptors (Lipinski definition) is 4. The fraction of sp³-hybridized carbons (Fsp3) is 0.235. The quantitative estimate of drug-likeness (QED) is 0.651. The Bertz CT molecular complexity index is 899. The van der Waals surface area contributed by atoms with Crippen molar-refractivity contribution in [3.05, 3.63) is 52.5 Å². The molecule has 0 heterocycles. The molecule has 4 N–H and O–H groups in total. The van der Waals surface area contributed by atoms with Gasteiger partial charge >= 0.3 is 6.03 Å². The molecule has 140 valence electrons. The van der Waals surface area contributed by atoms with E-state index in [9.17, 15) is 13.2 Å². The van der Waals surface area contributed by atoms with Crippen molar-refractivity contribution in [3.8, 4) is 5.75 Å². The minimum atomic E-state index is -3.77. The Morgan fingerprint density at radius 2 is 1.81 bits per heavy atom. The number of urea groups is 1. The monoisotopic (exact) mass is 397 g/mol. The maximum Gasteiger partial charge on any atom is 0.319 e. The SMILES string of the molecule is Cc1cc(S(N)(=O)=O)c(C)cc1OCCNC(=O)Nc1ccc(Cl)cc1. The standard InChI is InChI=1S/C17H20ClN3O4S/c1-11-10-16(26(19,23)24)12(2)9-15(11)25-8-7-20-17(22)21-14-5-3-13(18)4-6-14/h3-6,9-10H,7-8H2,1-2H3,(H2,19,23,24)(H2,20,21,22). The van der Waals surface area contributed by atoms with E-state index in [2.05, 4.69) is 10.6 Å². The number of carbonyl (C=O) groups is 1. The van der Waals surface area contributed by atoms with Gasteiger partial charge in [0.2, 0.25) is 10.0 Å². The summed E-state index contributed by atoms with van der Waals surface area (Å²) in [4.78, 5) is 11.9. The molecule has 0 fully saturated rings. The summed E-state index contributed by atoms with van der Waals surface area (Å²) in [6.07, 6.45) is 0. The first kappa shape index (κ1) is 20.0. The summed E-state index contributed by atoms with van der Waals surface area (Å²) in [6.45, 7) is 3.87. The molecular formula is C17H20ClN3O4S. The molecule has 0 aromatic heterocycles. The first-order valence-corrected chi connectivity index (χ1v) is 9.66. The highest BCUT2D eigenvalue weighted by Crippen LogP contribution is 2.25. The summed E-state index contributed by atoms with van der Waals surface area (Å²) in [5.74, 6) is 0.537. The molecule has 2 amide bonds. The fourth-order valence-electron chi connectivity index (χ4n) is 2.26. The molecule has 0 atom stereocenters. The summed E-state index contributed by atoms with van der Waals surface area (Å²) in [7, 11) is -3.77. The van der Waals surface area contributed by atoms with Crippen molar-refractivity contribution in [1.29, 1.82) is 0 Å². The van der Waals surface area contributed by atoms with Crippen LogP contribution < -0.4 is 20.5 Å². The van der Waals surface area contributed by atoms with Gasteiger partial charge in [0.25, 0.3) is 0 Å². The van der Waals surface area contributed by atoms with Crippen LogP contribution in [0.3, 0.4) is 0 Å². The summed E-state index contributed by atoms with van der Waals surface area (Å²) < 4.78 is 28.6. The molecule has 2 aromatic carbocycles. The average molecular weight is 398 g/mol. The van der Waals surface area contributed by atoms with Crippen molar-refractivity contribution in [2.45, 2.75) is 18.7 Å². The lowest BCUT2D eigenvalue weighted by molar-refractivity contribution is 0.247. The molecule has 9 heteroatoms. The first-order valence-electron chi connectivity index (χ1n) is 7.74. The van der Waals surface area contributed by atoms with Crippen LogP contribution in [0.5, 0.6) is 5.75 Å². The Morgan fingerprint density at radius 1 is 1.15 bits per heavy atom. The molecule has 0 unspecified atom stereocenters. The number of rotatable bonds is 6. The van der Waals surface area contributed by atoms with Gasteiger partial charge in [0.15, 0.2) is 0 Å².